The van der Waals surface area contributed by atoms with E-state index in [0.29, 0.717) is 17.7 Å². The van der Waals surface area contributed by atoms with Gasteiger partial charge in [-0.3, -0.25) is 0 Å². The van der Waals surface area contributed by atoms with Crippen LogP contribution in [0.25, 0.3) is 0 Å². The Balaban J connectivity index is 2.13. The van der Waals surface area contributed by atoms with Crippen LogP contribution in [-0.2, 0) is 6.42 Å². The first kappa shape index (κ1) is 10.2. The second-order valence-corrected chi connectivity index (χ2v) is 3.81. The highest BCUT2D eigenvalue weighted by Gasteiger charge is 2.13. The molecule has 1 atom stereocenters. The van der Waals surface area contributed by atoms with Crippen molar-refractivity contribution in [3.8, 4) is 0 Å². The number of halogens is 2. The minimum Gasteiger partial charge on any atom is -0.468 e. The summed E-state index contributed by atoms with van der Waals surface area (Å²) < 4.78 is 18.5. The van der Waals surface area contributed by atoms with Crippen molar-refractivity contribution in [3.63, 3.8) is 0 Å². The summed E-state index contributed by atoms with van der Waals surface area (Å²) in [6, 6.07) is 10.2. The van der Waals surface area contributed by atoms with E-state index in [1.807, 2.05) is 0 Å². The Kier molecular flexibility index (Phi) is 3.07. The van der Waals surface area contributed by atoms with Crippen LogP contribution in [0.2, 0.25) is 0 Å². The fraction of sp³-hybridized carbons (Fsp3) is 0.167. The summed E-state index contributed by atoms with van der Waals surface area (Å²) >= 11 is 6.09. The molecule has 0 saturated heterocycles. The zero-order chi connectivity index (χ0) is 10.7. The molecule has 1 aromatic heterocycles. The number of rotatable bonds is 3. The zero-order valence-corrected chi connectivity index (χ0v) is 8.75. The number of furan rings is 1. The first-order valence-electron chi connectivity index (χ1n) is 4.68. The molecule has 0 radical (unpaired) electrons. The molecule has 2 aromatic rings. The number of alkyl halides is 1. The van der Waals surface area contributed by atoms with Gasteiger partial charge in [-0.25, -0.2) is 4.39 Å². The van der Waals surface area contributed by atoms with Crippen LogP contribution >= 0.6 is 11.6 Å². The lowest BCUT2D eigenvalue weighted by Gasteiger charge is -2.07. The van der Waals surface area contributed by atoms with E-state index < -0.39 is 0 Å². The Labute approximate surface area is 92.5 Å². The lowest BCUT2D eigenvalue weighted by atomic mass is 10.1. The van der Waals surface area contributed by atoms with Crippen LogP contribution in [0, 0.1) is 5.82 Å². The van der Waals surface area contributed by atoms with Crippen LogP contribution in [0.1, 0.15) is 16.7 Å². The molecule has 1 nitrogen and oxygen atoms in total. The van der Waals surface area contributed by atoms with Crippen molar-refractivity contribution < 1.29 is 8.81 Å². The van der Waals surface area contributed by atoms with Gasteiger partial charge in [0.1, 0.15) is 11.6 Å². The van der Waals surface area contributed by atoms with Crippen molar-refractivity contribution in [1.29, 1.82) is 0 Å². The second kappa shape index (κ2) is 4.49. The average Bonchev–Trinajstić information content (AvgIpc) is 2.74. The molecular formula is C12H10ClFO. The SMILES string of the molecule is Fc1ccccc1CC(Cl)c1ccco1. The second-order valence-electron chi connectivity index (χ2n) is 3.28. The first-order valence-corrected chi connectivity index (χ1v) is 5.12. The molecule has 1 unspecified atom stereocenters. The number of hydrogen-bond acceptors (Lipinski definition) is 1. The van der Waals surface area contributed by atoms with E-state index in [4.69, 9.17) is 16.0 Å². The highest BCUT2D eigenvalue weighted by atomic mass is 35.5. The summed E-state index contributed by atoms with van der Waals surface area (Å²) in [6.45, 7) is 0. The molecule has 0 fully saturated rings. The van der Waals surface area contributed by atoms with Crippen LogP contribution in [0.15, 0.2) is 47.1 Å². The van der Waals surface area contributed by atoms with Gasteiger partial charge in [-0.2, -0.15) is 0 Å². The van der Waals surface area contributed by atoms with Crippen molar-refractivity contribution in [3.05, 3.63) is 59.8 Å². The fourth-order valence-electron chi connectivity index (χ4n) is 1.43. The predicted molar refractivity (Wildman–Crippen MR) is 57.4 cm³/mol. The summed E-state index contributed by atoms with van der Waals surface area (Å²) in [7, 11) is 0. The topological polar surface area (TPSA) is 13.1 Å². The van der Waals surface area contributed by atoms with Crippen LogP contribution < -0.4 is 0 Å². The minimum absolute atomic E-state index is 0.227. The van der Waals surface area contributed by atoms with Crippen LogP contribution in [0.4, 0.5) is 4.39 Å². The molecule has 2 rings (SSSR count). The summed E-state index contributed by atoms with van der Waals surface area (Å²) in [5.41, 5.74) is 0.605. The Hall–Kier alpha value is -1.28. The van der Waals surface area contributed by atoms with E-state index in [-0.39, 0.29) is 11.2 Å². The highest BCUT2D eigenvalue weighted by Crippen LogP contribution is 2.26. The van der Waals surface area contributed by atoms with Gasteiger partial charge in [0, 0.05) is 0 Å². The molecule has 0 aliphatic heterocycles. The van der Waals surface area contributed by atoms with Crippen LogP contribution in [-0.4, -0.2) is 0 Å². The molecule has 0 saturated carbocycles. The van der Waals surface area contributed by atoms with Gasteiger partial charge in [0.05, 0.1) is 11.6 Å². The lowest BCUT2D eigenvalue weighted by Crippen LogP contribution is -1.96. The Morgan fingerprint density at radius 2 is 2.00 bits per heavy atom. The van der Waals surface area contributed by atoms with E-state index in [0.717, 1.165) is 0 Å². The quantitative estimate of drug-likeness (QED) is 0.720. The van der Waals surface area contributed by atoms with E-state index >= 15 is 0 Å². The van der Waals surface area contributed by atoms with E-state index in [9.17, 15) is 4.39 Å². The maximum atomic E-state index is 13.3. The van der Waals surface area contributed by atoms with Crippen molar-refractivity contribution in [2.24, 2.45) is 0 Å². The fourth-order valence-corrected chi connectivity index (χ4v) is 1.72. The zero-order valence-electron chi connectivity index (χ0n) is 7.99. The molecule has 1 aromatic carbocycles. The van der Waals surface area contributed by atoms with Gasteiger partial charge >= 0.3 is 0 Å². The third kappa shape index (κ3) is 2.39. The summed E-state index contributed by atoms with van der Waals surface area (Å²) in [6.07, 6.45) is 1.99. The van der Waals surface area contributed by atoms with Crippen LogP contribution in [0.5, 0.6) is 0 Å². The summed E-state index contributed by atoms with van der Waals surface area (Å²) in [5, 5.41) is -0.322. The molecule has 78 valence electrons. The van der Waals surface area contributed by atoms with Crippen molar-refractivity contribution in [2.75, 3.05) is 0 Å². The standard InChI is InChI=1S/C12H10ClFO/c13-10(12-6-3-7-15-12)8-9-4-1-2-5-11(9)14/h1-7,10H,8H2. The van der Waals surface area contributed by atoms with Gasteiger partial charge in [0.15, 0.2) is 0 Å². The number of hydrogen-bond donors (Lipinski definition) is 0. The predicted octanol–water partition coefficient (Wildman–Crippen LogP) is 3.94. The van der Waals surface area contributed by atoms with E-state index in [1.165, 1.54) is 6.07 Å². The van der Waals surface area contributed by atoms with E-state index in [1.54, 1.807) is 36.6 Å². The summed E-state index contributed by atoms with van der Waals surface area (Å²) in [4.78, 5) is 0. The molecule has 0 amide bonds. The highest BCUT2D eigenvalue weighted by molar-refractivity contribution is 6.20. The van der Waals surface area contributed by atoms with Gasteiger partial charge in [0.2, 0.25) is 0 Å². The monoisotopic (exact) mass is 224 g/mol. The number of benzene rings is 1. The third-order valence-electron chi connectivity index (χ3n) is 2.21. The molecule has 0 aliphatic carbocycles. The third-order valence-corrected chi connectivity index (χ3v) is 2.58. The first-order chi connectivity index (χ1) is 7.27. The molecule has 0 aliphatic rings. The molecule has 0 N–H and O–H groups in total. The van der Waals surface area contributed by atoms with Crippen molar-refractivity contribution in [1.82, 2.24) is 0 Å². The van der Waals surface area contributed by atoms with Crippen molar-refractivity contribution in [2.45, 2.75) is 11.8 Å². The molecule has 15 heavy (non-hydrogen) atoms. The summed E-state index contributed by atoms with van der Waals surface area (Å²) in [5.74, 6) is 0.439. The maximum absolute atomic E-state index is 13.3. The Morgan fingerprint density at radius 3 is 2.67 bits per heavy atom. The Bertz CT molecular complexity index is 425. The normalized spacial score (nSPS) is 12.7. The largest absolute Gasteiger partial charge is 0.468 e. The van der Waals surface area contributed by atoms with Gasteiger partial charge in [-0.1, -0.05) is 18.2 Å². The van der Waals surface area contributed by atoms with Crippen molar-refractivity contribution >= 4 is 11.6 Å². The smallest absolute Gasteiger partial charge is 0.126 e. The lowest BCUT2D eigenvalue weighted by molar-refractivity contribution is 0.499. The molecular weight excluding hydrogens is 215 g/mol. The minimum atomic E-state index is -0.322. The van der Waals surface area contributed by atoms with Gasteiger partial charge in [-0.05, 0) is 30.2 Å². The van der Waals surface area contributed by atoms with Crippen LogP contribution in [0.3, 0.4) is 0 Å². The molecule has 0 spiro atoms. The van der Waals surface area contributed by atoms with Gasteiger partial charge < -0.3 is 4.42 Å². The van der Waals surface area contributed by atoms with Gasteiger partial charge in [-0.15, -0.1) is 11.6 Å². The maximum Gasteiger partial charge on any atom is 0.126 e. The van der Waals surface area contributed by atoms with E-state index in [2.05, 4.69) is 0 Å². The molecule has 1 heterocycles. The van der Waals surface area contributed by atoms with Gasteiger partial charge in [0.25, 0.3) is 0 Å². The Morgan fingerprint density at radius 1 is 1.20 bits per heavy atom. The molecule has 0 bridgehead atoms. The average molecular weight is 225 g/mol. The molecule has 3 heteroatoms.